The number of anilines is 1. The Balaban J connectivity index is 1.95. The van der Waals surface area contributed by atoms with Crippen molar-refractivity contribution in [2.75, 3.05) is 11.9 Å². The van der Waals surface area contributed by atoms with Crippen LogP contribution in [0.4, 0.5) is 15.0 Å². The molecular weight excluding hydrogens is 459 g/mol. The molecule has 0 unspecified atom stereocenters. The van der Waals surface area contributed by atoms with Crippen LogP contribution >= 0.6 is 0 Å². The molecule has 0 N–H and O–H groups in total. The van der Waals surface area contributed by atoms with Crippen LogP contribution in [-0.2, 0) is 4.74 Å². The van der Waals surface area contributed by atoms with Gasteiger partial charge in [0.1, 0.15) is 17.1 Å². The number of hydrogen-bond donors (Lipinski definition) is 0. The lowest BCUT2D eigenvalue weighted by Gasteiger charge is -2.36. The second-order valence-electron chi connectivity index (χ2n) is 11.5. The Morgan fingerprint density at radius 2 is 1.75 bits per heavy atom. The molecule has 2 aromatic heterocycles. The van der Waals surface area contributed by atoms with Gasteiger partial charge in [0.15, 0.2) is 11.5 Å². The number of fused-ring (bicyclic) bond motifs is 1. The molecule has 1 fully saturated rings. The van der Waals surface area contributed by atoms with Crippen LogP contribution in [0.2, 0.25) is 0 Å². The smallest absolute Gasteiger partial charge is 0.416 e. The van der Waals surface area contributed by atoms with Crippen molar-refractivity contribution in [3.05, 3.63) is 53.6 Å². The Morgan fingerprint density at radius 3 is 2.33 bits per heavy atom. The number of carbonyl (C=O) groups is 2. The molecule has 1 aliphatic carbocycles. The second kappa shape index (κ2) is 8.91. The lowest BCUT2D eigenvalue weighted by atomic mass is 10.0. The van der Waals surface area contributed by atoms with Gasteiger partial charge >= 0.3 is 6.09 Å². The lowest BCUT2D eigenvalue weighted by Crippen LogP contribution is -2.49. The van der Waals surface area contributed by atoms with Crippen molar-refractivity contribution in [2.24, 2.45) is 0 Å². The highest BCUT2D eigenvalue weighted by molar-refractivity contribution is 6.03. The van der Waals surface area contributed by atoms with Gasteiger partial charge in [-0.1, -0.05) is 12.1 Å². The van der Waals surface area contributed by atoms with E-state index in [0.717, 1.165) is 24.0 Å². The number of rotatable bonds is 4. The third-order valence-corrected chi connectivity index (χ3v) is 6.26. The van der Waals surface area contributed by atoms with Crippen molar-refractivity contribution < 1.29 is 18.7 Å². The van der Waals surface area contributed by atoms with E-state index in [1.165, 1.54) is 11.0 Å². The summed E-state index contributed by atoms with van der Waals surface area (Å²) >= 11 is 0. The first kappa shape index (κ1) is 25.7. The first-order valence-electron chi connectivity index (χ1n) is 12.3. The monoisotopic (exact) mass is 494 g/mol. The van der Waals surface area contributed by atoms with E-state index in [1.54, 1.807) is 62.4 Å². The fourth-order valence-electron chi connectivity index (χ4n) is 4.25. The van der Waals surface area contributed by atoms with Gasteiger partial charge in [0.25, 0.3) is 5.91 Å². The minimum absolute atomic E-state index is 0.161. The SMILES string of the molecule is Cc1c(F)cccc1-c1ccc2nc(N(C(=O)OC(C)(C)C)C(C)(C)C)c(C(=O)N(C)C3CC3)n2c1. The van der Waals surface area contributed by atoms with E-state index in [1.807, 2.05) is 32.9 Å². The van der Waals surface area contributed by atoms with Gasteiger partial charge in [-0.2, -0.15) is 0 Å². The molecule has 0 saturated heterocycles. The zero-order chi connectivity index (χ0) is 26.6. The standard InChI is InChI=1S/C28H35FN4O3/c1-17-20(10-9-11-21(17)29)18-12-15-22-30-24(33(27(2,3)4)26(35)36-28(5,6)7)23(32(22)16-18)25(34)31(8)19-13-14-19/h9-12,15-16,19H,13-14H2,1-8H3. The Labute approximate surface area is 211 Å². The fraction of sp³-hybridized carbons (Fsp3) is 0.464. The normalized spacial score (nSPS) is 14.1. The molecule has 8 heteroatoms. The highest BCUT2D eigenvalue weighted by atomic mass is 19.1. The van der Waals surface area contributed by atoms with Crippen molar-refractivity contribution in [3.8, 4) is 11.1 Å². The van der Waals surface area contributed by atoms with E-state index < -0.39 is 17.2 Å². The van der Waals surface area contributed by atoms with E-state index in [2.05, 4.69) is 0 Å². The zero-order valence-corrected chi connectivity index (χ0v) is 22.3. The van der Waals surface area contributed by atoms with Gasteiger partial charge in [-0.3, -0.25) is 14.1 Å². The molecule has 0 aliphatic heterocycles. The molecular formula is C28H35FN4O3. The first-order chi connectivity index (χ1) is 16.7. The van der Waals surface area contributed by atoms with Crippen LogP contribution < -0.4 is 4.90 Å². The molecule has 0 radical (unpaired) electrons. The molecule has 36 heavy (non-hydrogen) atoms. The van der Waals surface area contributed by atoms with Gasteiger partial charge in [0, 0.05) is 24.8 Å². The average Bonchev–Trinajstić information content (AvgIpc) is 3.53. The molecule has 4 rings (SSSR count). The van der Waals surface area contributed by atoms with Crippen molar-refractivity contribution in [1.82, 2.24) is 14.3 Å². The summed E-state index contributed by atoms with van der Waals surface area (Å²) in [6, 6.07) is 8.73. The van der Waals surface area contributed by atoms with Gasteiger partial charge in [-0.05, 0) is 96.2 Å². The largest absolute Gasteiger partial charge is 0.443 e. The van der Waals surface area contributed by atoms with Crippen LogP contribution in [0.3, 0.4) is 0 Å². The zero-order valence-electron chi connectivity index (χ0n) is 22.3. The number of ether oxygens (including phenoxy) is 1. The first-order valence-corrected chi connectivity index (χ1v) is 12.3. The fourth-order valence-corrected chi connectivity index (χ4v) is 4.25. The molecule has 3 aromatic rings. The number of nitrogens with zero attached hydrogens (tertiary/aromatic N) is 4. The van der Waals surface area contributed by atoms with E-state index in [9.17, 15) is 14.0 Å². The van der Waals surface area contributed by atoms with E-state index in [-0.39, 0.29) is 29.3 Å². The minimum atomic E-state index is -0.727. The van der Waals surface area contributed by atoms with Gasteiger partial charge in [-0.25, -0.2) is 14.2 Å². The van der Waals surface area contributed by atoms with Crippen LogP contribution in [0.1, 0.15) is 70.4 Å². The summed E-state index contributed by atoms with van der Waals surface area (Å²) in [6.07, 6.45) is 3.09. The molecule has 1 aliphatic rings. The predicted octanol–water partition coefficient (Wildman–Crippen LogP) is 6.22. The van der Waals surface area contributed by atoms with Crippen LogP contribution in [0, 0.1) is 12.7 Å². The van der Waals surface area contributed by atoms with Gasteiger partial charge in [0.2, 0.25) is 0 Å². The molecule has 192 valence electrons. The summed E-state index contributed by atoms with van der Waals surface area (Å²) in [6.45, 7) is 12.8. The maximum absolute atomic E-state index is 14.3. The van der Waals surface area contributed by atoms with Gasteiger partial charge < -0.3 is 9.64 Å². The van der Waals surface area contributed by atoms with Crippen LogP contribution in [-0.4, -0.2) is 50.5 Å². The number of hydrogen-bond acceptors (Lipinski definition) is 4. The number of halogens is 1. The van der Waals surface area contributed by atoms with E-state index in [4.69, 9.17) is 9.72 Å². The number of benzene rings is 1. The van der Waals surface area contributed by atoms with Crippen LogP contribution in [0.25, 0.3) is 16.8 Å². The average molecular weight is 495 g/mol. The summed E-state index contributed by atoms with van der Waals surface area (Å²) in [7, 11) is 1.78. The second-order valence-corrected chi connectivity index (χ2v) is 11.5. The number of pyridine rings is 1. The molecule has 0 atom stereocenters. The van der Waals surface area contributed by atoms with Crippen molar-refractivity contribution >= 4 is 23.5 Å². The van der Waals surface area contributed by atoms with Crippen LogP contribution in [0.15, 0.2) is 36.5 Å². The summed E-state index contributed by atoms with van der Waals surface area (Å²) < 4.78 is 21.7. The molecule has 2 heterocycles. The summed E-state index contributed by atoms with van der Waals surface area (Å²) in [4.78, 5) is 35.2. The van der Waals surface area contributed by atoms with E-state index >= 15 is 0 Å². The summed E-state index contributed by atoms with van der Waals surface area (Å²) in [5, 5.41) is 0. The Bertz CT molecular complexity index is 1330. The Kier molecular flexibility index (Phi) is 6.35. The van der Waals surface area contributed by atoms with Crippen LogP contribution in [0.5, 0.6) is 0 Å². The summed E-state index contributed by atoms with van der Waals surface area (Å²) in [5.74, 6) is -0.291. The topological polar surface area (TPSA) is 67.2 Å². The van der Waals surface area contributed by atoms with Crippen molar-refractivity contribution in [2.45, 2.75) is 78.5 Å². The molecule has 1 aromatic carbocycles. The number of imidazole rings is 1. The quantitative estimate of drug-likeness (QED) is 0.432. The maximum atomic E-state index is 14.3. The third kappa shape index (κ3) is 4.94. The number of amides is 2. The number of carbonyl (C=O) groups excluding carboxylic acids is 2. The van der Waals surface area contributed by atoms with Crippen molar-refractivity contribution in [3.63, 3.8) is 0 Å². The van der Waals surface area contributed by atoms with Gasteiger partial charge in [0.05, 0.1) is 0 Å². The molecule has 2 amide bonds. The molecule has 0 spiro atoms. The Hall–Kier alpha value is -3.42. The third-order valence-electron chi connectivity index (χ3n) is 6.26. The number of aromatic nitrogens is 2. The minimum Gasteiger partial charge on any atom is -0.443 e. The predicted molar refractivity (Wildman–Crippen MR) is 139 cm³/mol. The molecule has 7 nitrogen and oxygen atoms in total. The van der Waals surface area contributed by atoms with E-state index in [0.29, 0.717) is 11.2 Å². The highest BCUT2D eigenvalue weighted by Gasteiger charge is 2.40. The summed E-state index contributed by atoms with van der Waals surface area (Å²) in [5.41, 5.74) is 1.31. The maximum Gasteiger partial charge on any atom is 0.416 e. The highest BCUT2D eigenvalue weighted by Crippen LogP contribution is 2.35. The lowest BCUT2D eigenvalue weighted by molar-refractivity contribution is 0.0548. The Morgan fingerprint density at radius 1 is 1.08 bits per heavy atom. The van der Waals surface area contributed by atoms with Crippen molar-refractivity contribution in [1.29, 1.82) is 0 Å². The van der Waals surface area contributed by atoms with Gasteiger partial charge in [-0.15, -0.1) is 0 Å². The molecule has 0 bridgehead atoms. The molecule has 1 saturated carbocycles.